The Bertz CT molecular complexity index is 344. The lowest BCUT2D eigenvalue weighted by Crippen LogP contribution is -2.44. The zero-order chi connectivity index (χ0) is 15.8. The number of amides is 2. The van der Waals surface area contributed by atoms with Gasteiger partial charge in [-0.3, -0.25) is 4.79 Å². The monoisotopic (exact) mass is 298 g/mol. The van der Waals surface area contributed by atoms with Crippen LogP contribution >= 0.6 is 0 Å². The van der Waals surface area contributed by atoms with Crippen LogP contribution in [0.3, 0.4) is 0 Å². The molecule has 3 N–H and O–H groups in total. The third kappa shape index (κ3) is 6.82. The van der Waals surface area contributed by atoms with Gasteiger partial charge in [0.15, 0.2) is 0 Å². The highest BCUT2D eigenvalue weighted by molar-refractivity contribution is 5.74. The fourth-order valence-electron chi connectivity index (χ4n) is 2.93. The number of carbonyl (C=O) groups is 2. The van der Waals surface area contributed by atoms with E-state index in [4.69, 9.17) is 0 Å². The first-order chi connectivity index (χ1) is 9.90. The molecule has 122 valence electrons. The van der Waals surface area contributed by atoms with Gasteiger partial charge in [0.1, 0.15) is 0 Å². The van der Waals surface area contributed by atoms with Crippen molar-refractivity contribution in [3.05, 3.63) is 0 Å². The molecule has 0 aromatic carbocycles. The lowest BCUT2D eigenvalue weighted by Gasteiger charge is -2.28. The second-order valence-corrected chi connectivity index (χ2v) is 6.72. The second kappa shape index (κ2) is 8.90. The van der Waals surface area contributed by atoms with Gasteiger partial charge in [-0.15, -0.1) is 0 Å². The Morgan fingerprint density at radius 2 is 1.81 bits per heavy atom. The smallest absolute Gasteiger partial charge is 0.315 e. The van der Waals surface area contributed by atoms with Crippen LogP contribution in [0.1, 0.15) is 59.3 Å². The van der Waals surface area contributed by atoms with Gasteiger partial charge in [0.2, 0.25) is 0 Å². The van der Waals surface area contributed by atoms with Crippen molar-refractivity contribution in [3.63, 3.8) is 0 Å². The van der Waals surface area contributed by atoms with Gasteiger partial charge in [-0.1, -0.05) is 26.7 Å². The SMILES string of the molecule is CC(C)CCC(C)NC(=O)NCC1CCCCC1C(=O)O. The van der Waals surface area contributed by atoms with Crippen molar-refractivity contribution < 1.29 is 14.7 Å². The zero-order valence-corrected chi connectivity index (χ0v) is 13.5. The molecule has 3 atom stereocenters. The minimum atomic E-state index is -0.729. The summed E-state index contributed by atoms with van der Waals surface area (Å²) < 4.78 is 0. The topological polar surface area (TPSA) is 78.4 Å². The van der Waals surface area contributed by atoms with E-state index in [-0.39, 0.29) is 23.9 Å². The van der Waals surface area contributed by atoms with Crippen LogP contribution in [0.4, 0.5) is 4.79 Å². The molecular formula is C16H30N2O3. The average molecular weight is 298 g/mol. The molecule has 1 aliphatic rings. The molecule has 1 aliphatic carbocycles. The Labute approximate surface area is 127 Å². The van der Waals surface area contributed by atoms with Crippen molar-refractivity contribution in [2.45, 2.75) is 65.3 Å². The first-order valence-corrected chi connectivity index (χ1v) is 8.17. The fraction of sp³-hybridized carbons (Fsp3) is 0.875. The van der Waals surface area contributed by atoms with Crippen molar-refractivity contribution in [1.29, 1.82) is 0 Å². The highest BCUT2D eigenvalue weighted by Gasteiger charge is 2.30. The van der Waals surface area contributed by atoms with E-state index in [2.05, 4.69) is 24.5 Å². The lowest BCUT2D eigenvalue weighted by atomic mass is 9.79. The van der Waals surface area contributed by atoms with Gasteiger partial charge in [-0.2, -0.15) is 0 Å². The summed E-state index contributed by atoms with van der Waals surface area (Å²) in [5.74, 6) is -0.339. The molecule has 0 spiro atoms. The molecule has 0 aromatic rings. The Hall–Kier alpha value is -1.26. The minimum absolute atomic E-state index is 0.0629. The van der Waals surface area contributed by atoms with Crippen LogP contribution in [0.25, 0.3) is 0 Å². The van der Waals surface area contributed by atoms with Crippen LogP contribution in [0.5, 0.6) is 0 Å². The number of hydrogen-bond acceptors (Lipinski definition) is 2. The van der Waals surface area contributed by atoms with Crippen LogP contribution in [-0.2, 0) is 4.79 Å². The summed E-state index contributed by atoms with van der Waals surface area (Å²) in [6.07, 6.45) is 5.71. The van der Waals surface area contributed by atoms with Crippen molar-refractivity contribution in [2.75, 3.05) is 6.54 Å². The maximum atomic E-state index is 11.8. The van der Waals surface area contributed by atoms with E-state index in [9.17, 15) is 14.7 Å². The molecule has 5 heteroatoms. The largest absolute Gasteiger partial charge is 0.481 e. The van der Waals surface area contributed by atoms with E-state index in [1.54, 1.807) is 0 Å². The summed E-state index contributed by atoms with van der Waals surface area (Å²) in [6, 6.07) is -0.0324. The molecule has 0 saturated heterocycles. The molecule has 5 nitrogen and oxygen atoms in total. The molecule has 0 aromatic heterocycles. The Kier molecular flexibility index (Phi) is 7.54. The van der Waals surface area contributed by atoms with Gasteiger partial charge in [0.05, 0.1) is 5.92 Å². The molecule has 0 aliphatic heterocycles. The number of nitrogens with one attached hydrogen (secondary N) is 2. The van der Waals surface area contributed by atoms with Crippen molar-refractivity contribution >= 4 is 12.0 Å². The number of urea groups is 1. The molecule has 0 bridgehead atoms. The third-order valence-electron chi connectivity index (χ3n) is 4.31. The fourth-order valence-corrected chi connectivity index (χ4v) is 2.93. The summed E-state index contributed by atoms with van der Waals surface area (Å²) >= 11 is 0. The van der Waals surface area contributed by atoms with Crippen molar-refractivity contribution in [2.24, 2.45) is 17.8 Å². The molecule has 21 heavy (non-hydrogen) atoms. The van der Waals surface area contributed by atoms with Gasteiger partial charge < -0.3 is 15.7 Å². The first kappa shape index (κ1) is 17.8. The summed E-state index contributed by atoms with van der Waals surface area (Å²) in [7, 11) is 0. The molecule has 0 heterocycles. The Balaban J connectivity index is 2.29. The Morgan fingerprint density at radius 3 is 2.43 bits per heavy atom. The van der Waals surface area contributed by atoms with Crippen LogP contribution in [0.15, 0.2) is 0 Å². The zero-order valence-electron chi connectivity index (χ0n) is 13.5. The van der Waals surface area contributed by atoms with Crippen LogP contribution in [0, 0.1) is 17.8 Å². The summed E-state index contributed by atoms with van der Waals surface area (Å²) in [4.78, 5) is 23.1. The minimum Gasteiger partial charge on any atom is -0.481 e. The third-order valence-corrected chi connectivity index (χ3v) is 4.31. The number of hydrogen-bond donors (Lipinski definition) is 3. The molecule has 1 rings (SSSR count). The number of carboxylic acid groups (broad SMARTS) is 1. The number of carboxylic acids is 1. The standard InChI is InChI=1S/C16H30N2O3/c1-11(2)8-9-12(3)18-16(21)17-10-13-6-4-5-7-14(13)15(19)20/h11-14H,4-10H2,1-3H3,(H,19,20)(H2,17,18,21). The number of rotatable bonds is 7. The second-order valence-electron chi connectivity index (χ2n) is 6.72. The molecule has 2 amide bonds. The molecule has 0 radical (unpaired) electrons. The van der Waals surface area contributed by atoms with Crippen LogP contribution in [-0.4, -0.2) is 29.7 Å². The van der Waals surface area contributed by atoms with E-state index in [0.29, 0.717) is 12.5 Å². The van der Waals surface area contributed by atoms with Crippen LogP contribution < -0.4 is 10.6 Å². The molecular weight excluding hydrogens is 268 g/mol. The highest BCUT2D eigenvalue weighted by Crippen LogP contribution is 2.29. The van der Waals surface area contributed by atoms with E-state index >= 15 is 0 Å². The molecule has 1 fully saturated rings. The van der Waals surface area contributed by atoms with Crippen molar-refractivity contribution in [1.82, 2.24) is 10.6 Å². The normalized spacial score (nSPS) is 23.6. The number of aliphatic carboxylic acids is 1. The van der Waals surface area contributed by atoms with E-state index in [0.717, 1.165) is 38.5 Å². The summed E-state index contributed by atoms with van der Waals surface area (Å²) in [5.41, 5.74) is 0. The molecule has 1 saturated carbocycles. The maximum Gasteiger partial charge on any atom is 0.315 e. The summed E-state index contributed by atoms with van der Waals surface area (Å²) in [5, 5.41) is 15.0. The van der Waals surface area contributed by atoms with Gasteiger partial charge in [0.25, 0.3) is 0 Å². The van der Waals surface area contributed by atoms with E-state index in [1.807, 2.05) is 6.92 Å². The van der Waals surface area contributed by atoms with Crippen molar-refractivity contribution in [3.8, 4) is 0 Å². The number of carbonyl (C=O) groups excluding carboxylic acids is 1. The average Bonchev–Trinajstić information content (AvgIpc) is 2.43. The predicted molar refractivity (Wildman–Crippen MR) is 83.2 cm³/mol. The summed E-state index contributed by atoms with van der Waals surface area (Å²) in [6.45, 7) is 6.80. The van der Waals surface area contributed by atoms with Gasteiger partial charge in [0, 0.05) is 12.6 Å². The van der Waals surface area contributed by atoms with Crippen LogP contribution in [0.2, 0.25) is 0 Å². The van der Waals surface area contributed by atoms with Gasteiger partial charge in [-0.25, -0.2) is 4.79 Å². The Morgan fingerprint density at radius 1 is 1.14 bits per heavy atom. The first-order valence-electron chi connectivity index (χ1n) is 8.17. The van der Waals surface area contributed by atoms with E-state index in [1.165, 1.54) is 0 Å². The van der Waals surface area contributed by atoms with Gasteiger partial charge >= 0.3 is 12.0 Å². The highest BCUT2D eigenvalue weighted by atomic mass is 16.4. The molecule has 3 unspecified atom stereocenters. The van der Waals surface area contributed by atoms with Gasteiger partial charge in [-0.05, 0) is 44.4 Å². The lowest BCUT2D eigenvalue weighted by molar-refractivity contribution is -0.144. The van der Waals surface area contributed by atoms with E-state index < -0.39 is 5.97 Å². The quantitative estimate of drug-likeness (QED) is 0.676. The maximum absolute atomic E-state index is 11.8. The predicted octanol–water partition coefficient (Wildman–Crippen LogP) is 3.00.